The Morgan fingerprint density at radius 2 is 2.00 bits per heavy atom. The van der Waals surface area contributed by atoms with Crippen molar-refractivity contribution < 1.29 is 14.4 Å². The third-order valence-corrected chi connectivity index (χ3v) is 4.68. The van der Waals surface area contributed by atoms with Gasteiger partial charge in [0.15, 0.2) is 23.6 Å². The molecule has 2 aliphatic heterocycles. The predicted octanol–water partition coefficient (Wildman–Crippen LogP) is 2.39. The van der Waals surface area contributed by atoms with Gasteiger partial charge in [0.2, 0.25) is 5.95 Å². The van der Waals surface area contributed by atoms with Crippen molar-refractivity contribution in [2.75, 3.05) is 18.5 Å². The largest absolute Gasteiger partial charge is 0.489 e. The molecule has 142 valence electrons. The quantitative estimate of drug-likeness (QED) is 0.516. The Bertz CT molecular complexity index is 1140. The molecular formula is C18H16N6O4. The van der Waals surface area contributed by atoms with Crippen LogP contribution in [0.1, 0.15) is 18.2 Å². The van der Waals surface area contributed by atoms with Crippen molar-refractivity contribution >= 4 is 28.6 Å². The summed E-state index contributed by atoms with van der Waals surface area (Å²) < 4.78 is 13.4. The molecule has 0 radical (unpaired) electrons. The molecule has 10 heteroatoms. The van der Waals surface area contributed by atoms with E-state index in [0.29, 0.717) is 41.7 Å². The van der Waals surface area contributed by atoms with Crippen LogP contribution in [0.5, 0.6) is 11.5 Å². The second-order valence-corrected chi connectivity index (χ2v) is 6.51. The molecule has 3 N–H and O–H groups in total. The number of benzene rings is 2. The molecular weight excluding hydrogens is 364 g/mol. The molecule has 3 aromatic rings. The molecule has 0 unspecified atom stereocenters. The average Bonchev–Trinajstić information content (AvgIpc) is 2.87. The number of guanidine groups is 1. The summed E-state index contributed by atoms with van der Waals surface area (Å²) in [5, 5.41) is 14.1. The summed E-state index contributed by atoms with van der Waals surface area (Å²) in [6, 6.07) is 10.0. The molecule has 0 aliphatic carbocycles. The topological polar surface area (TPSA) is 130 Å². The Morgan fingerprint density at radius 1 is 1.21 bits per heavy atom. The highest BCUT2D eigenvalue weighted by atomic mass is 16.6. The minimum Gasteiger partial charge on any atom is -0.489 e. The molecule has 0 bridgehead atoms. The van der Waals surface area contributed by atoms with Crippen LogP contribution in [0.3, 0.4) is 0 Å². The zero-order chi connectivity index (χ0) is 19.3. The number of anilines is 1. The highest BCUT2D eigenvalue weighted by molar-refractivity contribution is 5.95. The van der Waals surface area contributed by atoms with Crippen molar-refractivity contribution in [3.05, 3.63) is 52.1 Å². The molecule has 0 saturated heterocycles. The lowest BCUT2D eigenvalue weighted by Gasteiger charge is -2.23. The average molecular weight is 380 g/mol. The maximum Gasteiger partial charge on any atom is 0.269 e. The van der Waals surface area contributed by atoms with Crippen molar-refractivity contribution in [3.8, 4) is 11.5 Å². The smallest absolute Gasteiger partial charge is 0.269 e. The number of hydrogen-bond donors (Lipinski definition) is 2. The SMILES string of the molecule is NC1=N[C@@H](c2cccc([N+](=O)[O-])c2)n2c(nc3cc4c(cc32)OCCCO4)N1. The van der Waals surface area contributed by atoms with E-state index in [-0.39, 0.29) is 11.6 Å². The standard InChI is InChI=1S/C18H16N6O4/c19-17-21-16(10-3-1-4-11(7-10)24(25)26)23-13-9-15-14(27-5-2-6-28-15)8-12(13)20-18(23)22-17/h1,3-4,7-9,16H,2,5-6H2,(H3,19,20,21,22)/t16-/m1/s1. The number of aromatic nitrogens is 2. The van der Waals surface area contributed by atoms with E-state index in [1.165, 1.54) is 12.1 Å². The van der Waals surface area contributed by atoms with E-state index >= 15 is 0 Å². The number of hydrogen-bond acceptors (Lipinski definition) is 8. The molecule has 0 saturated carbocycles. The fraction of sp³-hybridized carbons (Fsp3) is 0.222. The van der Waals surface area contributed by atoms with Crippen LogP contribution in [-0.4, -0.2) is 33.6 Å². The number of ether oxygens (including phenoxy) is 2. The van der Waals surface area contributed by atoms with Gasteiger partial charge in [0, 0.05) is 36.2 Å². The molecule has 5 rings (SSSR count). The highest BCUT2D eigenvalue weighted by Crippen LogP contribution is 2.39. The van der Waals surface area contributed by atoms with Crippen LogP contribution in [0.25, 0.3) is 11.0 Å². The van der Waals surface area contributed by atoms with E-state index in [9.17, 15) is 10.1 Å². The van der Waals surface area contributed by atoms with Crippen LogP contribution in [0, 0.1) is 10.1 Å². The first kappa shape index (κ1) is 16.4. The Morgan fingerprint density at radius 3 is 2.79 bits per heavy atom. The number of aliphatic imine (C=N–C) groups is 1. The lowest BCUT2D eigenvalue weighted by Crippen LogP contribution is -2.31. The van der Waals surface area contributed by atoms with E-state index in [4.69, 9.17) is 15.2 Å². The highest BCUT2D eigenvalue weighted by Gasteiger charge is 2.27. The van der Waals surface area contributed by atoms with Gasteiger partial charge in [-0.25, -0.2) is 9.98 Å². The summed E-state index contributed by atoms with van der Waals surface area (Å²) in [5.74, 6) is 1.96. The second kappa shape index (κ2) is 6.12. The maximum atomic E-state index is 11.2. The van der Waals surface area contributed by atoms with E-state index in [0.717, 1.165) is 11.9 Å². The molecule has 2 aliphatic rings. The minimum atomic E-state index is -0.592. The third-order valence-electron chi connectivity index (χ3n) is 4.68. The van der Waals surface area contributed by atoms with Gasteiger partial charge >= 0.3 is 0 Å². The van der Waals surface area contributed by atoms with Gasteiger partial charge in [-0.05, 0) is 0 Å². The van der Waals surface area contributed by atoms with Crippen LogP contribution < -0.4 is 20.5 Å². The van der Waals surface area contributed by atoms with Crippen LogP contribution in [0.2, 0.25) is 0 Å². The normalized spacial score (nSPS) is 18.0. The number of non-ortho nitro benzene ring substituents is 1. The van der Waals surface area contributed by atoms with E-state index in [2.05, 4.69) is 15.3 Å². The first-order chi connectivity index (χ1) is 13.6. The molecule has 3 heterocycles. The summed E-state index contributed by atoms with van der Waals surface area (Å²) in [6.07, 6.45) is 0.210. The number of nitrogens with zero attached hydrogens (tertiary/aromatic N) is 4. The van der Waals surface area contributed by atoms with Gasteiger partial charge in [0.1, 0.15) is 0 Å². The monoisotopic (exact) mass is 380 g/mol. The first-order valence-corrected chi connectivity index (χ1v) is 8.76. The van der Waals surface area contributed by atoms with Crippen LogP contribution in [-0.2, 0) is 0 Å². The Labute approximate surface area is 158 Å². The number of fused-ring (bicyclic) bond motifs is 4. The van der Waals surface area contributed by atoms with Gasteiger partial charge in [-0.15, -0.1) is 0 Å². The first-order valence-electron chi connectivity index (χ1n) is 8.76. The number of rotatable bonds is 2. The van der Waals surface area contributed by atoms with Gasteiger partial charge in [-0.1, -0.05) is 12.1 Å². The Hall–Kier alpha value is -3.82. The zero-order valence-electron chi connectivity index (χ0n) is 14.7. The summed E-state index contributed by atoms with van der Waals surface area (Å²) in [6.45, 7) is 1.15. The van der Waals surface area contributed by atoms with E-state index < -0.39 is 11.1 Å². The van der Waals surface area contributed by atoms with Crippen molar-refractivity contribution in [2.24, 2.45) is 10.7 Å². The molecule has 0 amide bonds. The Balaban J connectivity index is 1.70. The van der Waals surface area contributed by atoms with Gasteiger partial charge in [-0.3, -0.25) is 20.0 Å². The molecule has 1 atom stereocenters. The van der Waals surface area contributed by atoms with Crippen molar-refractivity contribution in [1.29, 1.82) is 0 Å². The minimum absolute atomic E-state index is 0.0126. The number of imidazole rings is 1. The molecule has 0 fully saturated rings. The zero-order valence-corrected chi connectivity index (χ0v) is 14.7. The van der Waals surface area contributed by atoms with Crippen molar-refractivity contribution in [3.63, 3.8) is 0 Å². The van der Waals surface area contributed by atoms with Crippen LogP contribution >= 0.6 is 0 Å². The van der Waals surface area contributed by atoms with E-state index in [1.54, 1.807) is 12.1 Å². The van der Waals surface area contributed by atoms with Gasteiger partial charge in [-0.2, -0.15) is 0 Å². The van der Waals surface area contributed by atoms with Crippen LogP contribution in [0.15, 0.2) is 41.4 Å². The number of nitro benzene ring substituents is 1. The molecule has 2 aromatic carbocycles. The van der Waals surface area contributed by atoms with Gasteiger partial charge < -0.3 is 15.2 Å². The summed E-state index contributed by atoms with van der Waals surface area (Å²) in [7, 11) is 0. The predicted molar refractivity (Wildman–Crippen MR) is 102 cm³/mol. The summed E-state index contributed by atoms with van der Waals surface area (Å²) in [4.78, 5) is 19.8. The fourth-order valence-corrected chi connectivity index (χ4v) is 3.45. The second-order valence-electron chi connectivity index (χ2n) is 6.51. The maximum absolute atomic E-state index is 11.2. The summed E-state index contributed by atoms with van der Waals surface area (Å²) >= 11 is 0. The number of nitrogens with one attached hydrogen (secondary N) is 1. The summed E-state index contributed by atoms with van der Waals surface area (Å²) in [5.41, 5.74) is 8.01. The molecule has 28 heavy (non-hydrogen) atoms. The molecule has 0 spiro atoms. The Kier molecular flexibility index (Phi) is 3.57. The van der Waals surface area contributed by atoms with Gasteiger partial charge in [0.25, 0.3) is 5.69 Å². The van der Waals surface area contributed by atoms with Crippen molar-refractivity contribution in [1.82, 2.24) is 9.55 Å². The number of nitrogens with two attached hydrogens (primary N) is 1. The molecule has 1 aromatic heterocycles. The van der Waals surface area contributed by atoms with Gasteiger partial charge in [0.05, 0.1) is 29.2 Å². The third kappa shape index (κ3) is 2.57. The van der Waals surface area contributed by atoms with Crippen molar-refractivity contribution in [2.45, 2.75) is 12.6 Å². The number of nitro groups is 1. The lowest BCUT2D eigenvalue weighted by atomic mass is 10.1. The van der Waals surface area contributed by atoms with Crippen LogP contribution in [0.4, 0.5) is 11.6 Å². The fourth-order valence-electron chi connectivity index (χ4n) is 3.45. The molecule has 10 nitrogen and oxygen atoms in total. The lowest BCUT2D eigenvalue weighted by molar-refractivity contribution is -0.384. The van der Waals surface area contributed by atoms with E-state index in [1.807, 2.05) is 16.7 Å².